The summed E-state index contributed by atoms with van der Waals surface area (Å²) in [5, 5.41) is 4.85. The molecule has 3 rings (SSSR count). The summed E-state index contributed by atoms with van der Waals surface area (Å²) >= 11 is 11.8. The van der Waals surface area contributed by atoms with Crippen LogP contribution in [0, 0.1) is 0 Å². The number of anilines is 1. The van der Waals surface area contributed by atoms with Crippen LogP contribution in [0.4, 0.5) is 5.69 Å². The first-order chi connectivity index (χ1) is 11.0. The predicted octanol–water partition coefficient (Wildman–Crippen LogP) is 3.37. The minimum Gasteiger partial charge on any atom is -0.277 e. The highest BCUT2D eigenvalue weighted by Gasteiger charge is 2.17. The molecule has 9 heteroatoms. The first-order valence-electron chi connectivity index (χ1n) is 6.39. The van der Waals surface area contributed by atoms with Gasteiger partial charge in [0.2, 0.25) is 0 Å². The second-order valence-electron chi connectivity index (χ2n) is 4.56. The highest BCUT2D eigenvalue weighted by Crippen LogP contribution is 2.26. The third-order valence-electron chi connectivity index (χ3n) is 2.99. The molecule has 0 spiro atoms. The van der Waals surface area contributed by atoms with E-state index in [2.05, 4.69) is 14.8 Å². The largest absolute Gasteiger partial charge is 0.277 e. The summed E-state index contributed by atoms with van der Waals surface area (Å²) < 4.78 is 29.0. The summed E-state index contributed by atoms with van der Waals surface area (Å²) in [6.45, 7) is 0. The number of sulfonamides is 1. The van der Waals surface area contributed by atoms with E-state index in [0.29, 0.717) is 15.7 Å². The van der Waals surface area contributed by atoms with Gasteiger partial charge < -0.3 is 0 Å². The van der Waals surface area contributed by atoms with Crippen LogP contribution in [0.2, 0.25) is 10.0 Å². The molecule has 1 N–H and O–H groups in total. The molecule has 2 aromatic carbocycles. The second-order valence-corrected chi connectivity index (χ2v) is 7.12. The van der Waals surface area contributed by atoms with Gasteiger partial charge in [0, 0.05) is 10.0 Å². The van der Waals surface area contributed by atoms with Crippen molar-refractivity contribution >= 4 is 38.9 Å². The smallest absolute Gasteiger partial charge is 0.261 e. The van der Waals surface area contributed by atoms with E-state index in [9.17, 15) is 8.42 Å². The van der Waals surface area contributed by atoms with E-state index in [1.807, 2.05) is 0 Å². The second kappa shape index (κ2) is 6.19. The Morgan fingerprint density at radius 1 is 1.00 bits per heavy atom. The molecule has 0 fully saturated rings. The van der Waals surface area contributed by atoms with Gasteiger partial charge in [0.25, 0.3) is 10.0 Å². The number of hydrogen-bond acceptors (Lipinski definition) is 4. The van der Waals surface area contributed by atoms with Crippen molar-refractivity contribution in [3.05, 3.63) is 65.2 Å². The summed E-state index contributed by atoms with van der Waals surface area (Å²) in [4.78, 5) is 3.94. The van der Waals surface area contributed by atoms with Crippen LogP contribution in [0.5, 0.6) is 0 Å². The van der Waals surface area contributed by atoms with Gasteiger partial charge >= 0.3 is 0 Å². The maximum atomic E-state index is 12.5. The van der Waals surface area contributed by atoms with Crippen molar-refractivity contribution < 1.29 is 8.42 Å². The molecule has 3 aromatic rings. The number of benzene rings is 2. The molecule has 6 nitrogen and oxygen atoms in total. The van der Waals surface area contributed by atoms with Crippen molar-refractivity contribution in [3.63, 3.8) is 0 Å². The number of nitrogens with one attached hydrogen (secondary N) is 1. The van der Waals surface area contributed by atoms with Gasteiger partial charge in [-0.25, -0.2) is 18.1 Å². The quantitative estimate of drug-likeness (QED) is 0.765. The Morgan fingerprint density at radius 3 is 2.35 bits per heavy atom. The van der Waals surface area contributed by atoms with Crippen LogP contribution in [0.25, 0.3) is 5.69 Å². The molecular weight excluding hydrogens is 359 g/mol. The monoisotopic (exact) mass is 368 g/mol. The van der Waals surface area contributed by atoms with Crippen LogP contribution >= 0.6 is 23.2 Å². The fraction of sp³-hybridized carbons (Fsp3) is 0. The van der Waals surface area contributed by atoms with Crippen LogP contribution in [0.3, 0.4) is 0 Å². The van der Waals surface area contributed by atoms with Crippen LogP contribution in [0.1, 0.15) is 0 Å². The highest BCUT2D eigenvalue weighted by molar-refractivity contribution is 7.92. The maximum absolute atomic E-state index is 12.5. The Kier molecular flexibility index (Phi) is 4.25. The lowest BCUT2D eigenvalue weighted by molar-refractivity contribution is 0.601. The van der Waals surface area contributed by atoms with Crippen molar-refractivity contribution in [2.24, 2.45) is 0 Å². The van der Waals surface area contributed by atoms with Crippen molar-refractivity contribution in [2.45, 2.75) is 4.90 Å². The van der Waals surface area contributed by atoms with E-state index in [0.717, 1.165) is 0 Å². The summed E-state index contributed by atoms with van der Waals surface area (Å²) in [6.07, 6.45) is 2.81. The van der Waals surface area contributed by atoms with Crippen LogP contribution in [-0.4, -0.2) is 23.2 Å². The van der Waals surface area contributed by atoms with Crippen molar-refractivity contribution in [3.8, 4) is 5.69 Å². The van der Waals surface area contributed by atoms with E-state index in [-0.39, 0.29) is 10.6 Å². The molecule has 0 saturated heterocycles. The zero-order valence-electron chi connectivity index (χ0n) is 11.5. The molecule has 0 aliphatic carbocycles. The summed E-state index contributed by atoms with van der Waals surface area (Å²) in [5.41, 5.74) is 0.794. The Hall–Kier alpha value is -2.09. The van der Waals surface area contributed by atoms with Gasteiger partial charge in [-0.3, -0.25) is 4.72 Å². The Morgan fingerprint density at radius 2 is 1.70 bits per heavy atom. The van der Waals surface area contributed by atoms with Crippen LogP contribution < -0.4 is 4.72 Å². The summed E-state index contributed by atoms with van der Waals surface area (Å²) in [5.74, 6) is 0. The molecule has 0 bridgehead atoms. The van der Waals surface area contributed by atoms with E-state index >= 15 is 0 Å². The zero-order valence-corrected chi connectivity index (χ0v) is 13.8. The fourth-order valence-electron chi connectivity index (χ4n) is 1.94. The number of halogens is 2. The van der Waals surface area contributed by atoms with Crippen molar-refractivity contribution in [2.75, 3.05) is 4.72 Å². The number of rotatable bonds is 4. The third-order valence-corrected chi connectivity index (χ3v) is 4.86. The van der Waals surface area contributed by atoms with Crippen LogP contribution in [0.15, 0.2) is 60.0 Å². The molecule has 1 aromatic heterocycles. The topological polar surface area (TPSA) is 76.9 Å². The first-order valence-corrected chi connectivity index (χ1v) is 8.62. The van der Waals surface area contributed by atoms with Gasteiger partial charge in [0.1, 0.15) is 12.7 Å². The average Bonchev–Trinajstić information content (AvgIpc) is 3.01. The molecule has 0 aliphatic rings. The maximum Gasteiger partial charge on any atom is 0.261 e. The normalized spacial score (nSPS) is 11.4. The zero-order chi connectivity index (χ0) is 16.4. The standard InChI is InChI=1S/C14H10Cl2N4O2S/c15-10-1-4-12(5-2-10)23(21,22)19-13-7-11(16)3-6-14(13)20-9-17-8-18-20/h1-9,19H. The summed E-state index contributed by atoms with van der Waals surface area (Å²) in [7, 11) is -3.79. The molecule has 0 radical (unpaired) electrons. The molecule has 0 saturated carbocycles. The summed E-state index contributed by atoms with van der Waals surface area (Å²) in [6, 6.07) is 10.6. The van der Waals surface area contributed by atoms with E-state index in [4.69, 9.17) is 23.2 Å². The molecule has 0 atom stereocenters. The van der Waals surface area contributed by atoms with Gasteiger partial charge in [-0.05, 0) is 42.5 Å². The van der Waals surface area contributed by atoms with E-state index < -0.39 is 10.0 Å². The molecule has 23 heavy (non-hydrogen) atoms. The van der Waals surface area contributed by atoms with Gasteiger partial charge in [-0.2, -0.15) is 5.10 Å². The fourth-order valence-corrected chi connectivity index (χ4v) is 3.30. The third kappa shape index (κ3) is 3.47. The molecule has 0 amide bonds. The minimum atomic E-state index is -3.79. The SMILES string of the molecule is O=S(=O)(Nc1cc(Cl)ccc1-n1cncn1)c1ccc(Cl)cc1. The lowest BCUT2D eigenvalue weighted by Crippen LogP contribution is -2.14. The van der Waals surface area contributed by atoms with Crippen molar-refractivity contribution in [1.29, 1.82) is 0 Å². The number of hydrogen-bond donors (Lipinski definition) is 1. The molecule has 0 unspecified atom stereocenters. The lowest BCUT2D eigenvalue weighted by atomic mass is 10.3. The van der Waals surface area contributed by atoms with Crippen molar-refractivity contribution in [1.82, 2.24) is 14.8 Å². The van der Waals surface area contributed by atoms with Gasteiger partial charge in [-0.15, -0.1) is 0 Å². The predicted molar refractivity (Wildman–Crippen MR) is 88.6 cm³/mol. The first kappa shape index (κ1) is 15.8. The van der Waals surface area contributed by atoms with E-state index in [1.165, 1.54) is 47.7 Å². The highest BCUT2D eigenvalue weighted by atomic mass is 35.5. The molecule has 0 aliphatic heterocycles. The van der Waals surface area contributed by atoms with Gasteiger partial charge in [0.15, 0.2) is 0 Å². The van der Waals surface area contributed by atoms with Gasteiger partial charge in [0.05, 0.1) is 16.3 Å². The molecular formula is C14H10Cl2N4O2S. The molecule has 1 heterocycles. The van der Waals surface area contributed by atoms with E-state index in [1.54, 1.807) is 12.1 Å². The van der Waals surface area contributed by atoms with Crippen LogP contribution in [-0.2, 0) is 10.0 Å². The Balaban J connectivity index is 2.02. The van der Waals surface area contributed by atoms with Gasteiger partial charge in [-0.1, -0.05) is 23.2 Å². The molecule has 118 valence electrons. The minimum absolute atomic E-state index is 0.0893. The Labute approximate surface area is 142 Å². The lowest BCUT2D eigenvalue weighted by Gasteiger charge is -2.13. The Bertz CT molecular complexity index is 926. The number of aromatic nitrogens is 3. The average molecular weight is 369 g/mol. The number of nitrogens with zero attached hydrogens (tertiary/aromatic N) is 3.